The zero-order valence-electron chi connectivity index (χ0n) is 16.8. The fraction of sp³-hybridized carbons (Fsp3) is 0.238. The summed E-state index contributed by atoms with van der Waals surface area (Å²) >= 11 is 0. The molecule has 0 radical (unpaired) electrons. The molecule has 0 saturated heterocycles. The van der Waals surface area contributed by atoms with Gasteiger partial charge in [0.15, 0.2) is 18.1 Å². The third-order valence-electron chi connectivity index (χ3n) is 3.94. The molecule has 2 aromatic carbocycles. The Bertz CT molecular complexity index is 1090. The van der Waals surface area contributed by atoms with Gasteiger partial charge in [-0.25, -0.2) is 12.8 Å². The first-order valence-corrected chi connectivity index (χ1v) is 10.4. The standard InChI is InChI=1S/C21H21FN2O5S/c1-4-28-20-12-15(5-10-19(20)29-14-21(25)24(2)3)11-18(13-23)30(26,27)17-8-6-16(22)7-9-17/h5-12H,4,14H2,1-3H3. The number of allylic oxidation sites excluding steroid dienone is 1. The number of ether oxygens (including phenoxy) is 2. The van der Waals surface area contributed by atoms with Crippen LogP contribution < -0.4 is 9.47 Å². The van der Waals surface area contributed by atoms with Crippen molar-refractivity contribution in [2.75, 3.05) is 27.3 Å². The van der Waals surface area contributed by atoms with Crippen LogP contribution in [0.1, 0.15) is 12.5 Å². The summed E-state index contributed by atoms with van der Waals surface area (Å²) in [6.45, 7) is 1.88. The minimum Gasteiger partial charge on any atom is -0.490 e. The second kappa shape index (κ2) is 9.89. The van der Waals surface area contributed by atoms with Gasteiger partial charge in [0.2, 0.25) is 9.84 Å². The Balaban J connectivity index is 2.38. The Morgan fingerprint density at radius 3 is 2.37 bits per heavy atom. The van der Waals surface area contributed by atoms with Crippen molar-refractivity contribution in [2.24, 2.45) is 0 Å². The van der Waals surface area contributed by atoms with Crippen LogP contribution in [0.3, 0.4) is 0 Å². The van der Waals surface area contributed by atoms with Gasteiger partial charge < -0.3 is 14.4 Å². The first-order valence-electron chi connectivity index (χ1n) is 8.91. The lowest BCUT2D eigenvalue weighted by Crippen LogP contribution is -2.27. The smallest absolute Gasteiger partial charge is 0.259 e. The zero-order chi connectivity index (χ0) is 22.3. The molecule has 0 N–H and O–H groups in total. The maximum Gasteiger partial charge on any atom is 0.259 e. The van der Waals surface area contributed by atoms with Crippen LogP contribution in [0.2, 0.25) is 0 Å². The largest absolute Gasteiger partial charge is 0.490 e. The Morgan fingerprint density at radius 1 is 1.13 bits per heavy atom. The lowest BCUT2D eigenvalue weighted by Gasteiger charge is -2.14. The maximum absolute atomic E-state index is 13.1. The van der Waals surface area contributed by atoms with Crippen molar-refractivity contribution in [1.82, 2.24) is 4.90 Å². The fourth-order valence-electron chi connectivity index (χ4n) is 2.33. The second-order valence-electron chi connectivity index (χ2n) is 6.29. The van der Waals surface area contributed by atoms with Crippen molar-refractivity contribution in [3.63, 3.8) is 0 Å². The van der Waals surface area contributed by atoms with Crippen LogP contribution in [-0.2, 0) is 14.6 Å². The number of carbonyl (C=O) groups is 1. The average Bonchev–Trinajstić information content (AvgIpc) is 2.71. The third kappa shape index (κ3) is 5.58. The number of hydrogen-bond donors (Lipinski definition) is 0. The SMILES string of the molecule is CCOc1cc(C=C(C#N)S(=O)(=O)c2ccc(F)cc2)ccc1OCC(=O)N(C)C. The molecular formula is C21H21FN2O5S. The van der Waals surface area contributed by atoms with Crippen LogP contribution in [0.25, 0.3) is 6.08 Å². The van der Waals surface area contributed by atoms with Gasteiger partial charge in [-0.3, -0.25) is 4.79 Å². The number of halogens is 1. The molecule has 0 unspecified atom stereocenters. The number of nitrogens with zero attached hydrogens (tertiary/aromatic N) is 2. The summed E-state index contributed by atoms with van der Waals surface area (Å²) < 4.78 is 49.5. The quantitative estimate of drug-likeness (QED) is 0.470. The summed E-state index contributed by atoms with van der Waals surface area (Å²) in [4.78, 5) is 12.4. The molecule has 0 atom stereocenters. The van der Waals surface area contributed by atoms with Gasteiger partial charge in [0.25, 0.3) is 5.91 Å². The normalized spacial score (nSPS) is 11.5. The molecule has 0 fully saturated rings. The molecule has 158 valence electrons. The van der Waals surface area contributed by atoms with Crippen molar-refractivity contribution in [1.29, 1.82) is 5.26 Å². The summed E-state index contributed by atoms with van der Waals surface area (Å²) in [6, 6.07) is 10.5. The van der Waals surface area contributed by atoms with Crippen LogP contribution in [-0.4, -0.2) is 46.5 Å². The van der Waals surface area contributed by atoms with Crippen molar-refractivity contribution in [3.05, 3.63) is 58.8 Å². The Hall–Kier alpha value is -3.38. The lowest BCUT2D eigenvalue weighted by molar-refractivity contribution is -0.130. The van der Waals surface area contributed by atoms with Gasteiger partial charge in [0.1, 0.15) is 16.8 Å². The molecule has 0 saturated carbocycles. The first-order chi connectivity index (χ1) is 14.2. The van der Waals surface area contributed by atoms with Crippen molar-refractivity contribution in [3.8, 4) is 17.6 Å². The van der Waals surface area contributed by atoms with E-state index < -0.39 is 20.6 Å². The highest BCUT2D eigenvalue weighted by molar-refractivity contribution is 7.95. The number of amides is 1. The van der Waals surface area contributed by atoms with Crippen LogP contribution >= 0.6 is 0 Å². The zero-order valence-corrected chi connectivity index (χ0v) is 17.6. The van der Waals surface area contributed by atoms with Gasteiger partial charge in [0, 0.05) is 14.1 Å². The number of benzene rings is 2. The Kier molecular flexibility index (Phi) is 7.55. The maximum atomic E-state index is 13.1. The molecule has 2 rings (SSSR count). The van der Waals surface area contributed by atoms with E-state index in [1.807, 2.05) is 0 Å². The van der Waals surface area contributed by atoms with Crippen molar-refractivity contribution >= 4 is 21.8 Å². The van der Waals surface area contributed by atoms with E-state index >= 15 is 0 Å². The van der Waals surface area contributed by atoms with E-state index in [0.717, 1.165) is 24.3 Å². The fourth-order valence-corrected chi connectivity index (χ4v) is 3.49. The summed E-state index contributed by atoms with van der Waals surface area (Å²) in [5.41, 5.74) is 0.381. The number of sulfone groups is 1. The van der Waals surface area contributed by atoms with E-state index in [1.165, 1.54) is 29.2 Å². The van der Waals surface area contributed by atoms with Gasteiger partial charge in [-0.1, -0.05) is 6.07 Å². The van der Waals surface area contributed by atoms with Gasteiger partial charge in [-0.05, 0) is 55.0 Å². The Labute approximate surface area is 174 Å². The molecule has 0 aromatic heterocycles. The Morgan fingerprint density at radius 2 is 1.80 bits per heavy atom. The third-order valence-corrected chi connectivity index (χ3v) is 5.62. The summed E-state index contributed by atoms with van der Waals surface area (Å²) in [5, 5.41) is 9.39. The molecule has 0 aliphatic rings. The predicted molar refractivity (Wildman–Crippen MR) is 109 cm³/mol. The minimum absolute atomic E-state index is 0.190. The van der Waals surface area contributed by atoms with Crippen LogP contribution in [0.4, 0.5) is 4.39 Å². The lowest BCUT2D eigenvalue weighted by atomic mass is 10.2. The monoisotopic (exact) mass is 432 g/mol. The van der Waals surface area contributed by atoms with E-state index in [1.54, 1.807) is 27.1 Å². The number of rotatable bonds is 8. The molecule has 7 nitrogen and oxygen atoms in total. The highest BCUT2D eigenvalue weighted by Crippen LogP contribution is 2.30. The van der Waals surface area contributed by atoms with Crippen molar-refractivity contribution in [2.45, 2.75) is 11.8 Å². The van der Waals surface area contributed by atoms with Gasteiger partial charge in [-0.15, -0.1) is 0 Å². The number of likely N-dealkylation sites (N-methyl/N-ethyl adjacent to an activating group) is 1. The predicted octanol–water partition coefficient (Wildman–Crippen LogP) is 3.03. The highest BCUT2D eigenvalue weighted by Gasteiger charge is 2.21. The van der Waals surface area contributed by atoms with Gasteiger partial charge in [0.05, 0.1) is 11.5 Å². The van der Waals surface area contributed by atoms with Crippen molar-refractivity contribution < 1.29 is 27.1 Å². The molecule has 0 aliphatic carbocycles. The average molecular weight is 432 g/mol. The summed E-state index contributed by atoms with van der Waals surface area (Å²) in [7, 11) is -0.911. The van der Waals surface area contributed by atoms with Crippen LogP contribution in [0, 0.1) is 17.1 Å². The molecular weight excluding hydrogens is 411 g/mol. The first kappa shape index (κ1) is 22.9. The topological polar surface area (TPSA) is 96.7 Å². The summed E-state index contributed by atoms with van der Waals surface area (Å²) in [5.74, 6) is -0.210. The highest BCUT2D eigenvalue weighted by atomic mass is 32.2. The molecule has 9 heteroatoms. The minimum atomic E-state index is -4.12. The second-order valence-corrected chi connectivity index (χ2v) is 8.21. The van der Waals surface area contributed by atoms with E-state index in [-0.39, 0.29) is 17.4 Å². The van der Waals surface area contributed by atoms with Gasteiger partial charge >= 0.3 is 0 Å². The summed E-state index contributed by atoms with van der Waals surface area (Å²) in [6.07, 6.45) is 1.19. The number of nitriles is 1. The van der Waals surface area contributed by atoms with Gasteiger partial charge in [-0.2, -0.15) is 5.26 Å². The molecule has 0 heterocycles. The number of carbonyl (C=O) groups excluding carboxylic acids is 1. The van der Waals surface area contributed by atoms with E-state index in [0.29, 0.717) is 23.7 Å². The molecule has 30 heavy (non-hydrogen) atoms. The molecule has 0 bridgehead atoms. The molecule has 0 aliphatic heterocycles. The molecule has 2 aromatic rings. The molecule has 1 amide bonds. The van der Waals surface area contributed by atoms with E-state index in [4.69, 9.17) is 9.47 Å². The molecule has 0 spiro atoms. The van der Waals surface area contributed by atoms with Crippen LogP contribution in [0.5, 0.6) is 11.5 Å². The van der Waals surface area contributed by atoms with Crippen LogP contribution in [0.15, 0.2) is 52.3 Å². The van der Waals surface area contributed by atoms with E-state index in [9.17, 15) is 22.9 Å². The number of hydrogen-bond acceptors (Lipinski definition) is 6. The van der Waals surface area contributed by atoms with E-state index in [2.05, 4.69) is 0 Å².